The predicted molar refractivity (Wildman–Crippen MR) is 85.2 cm³/mol. The first kappa shape index (κ1) is 14.1. The van der Waals surface area contributed by atoms with E-state index in [1.807, 2.05) is 12.1 Å². The van der Waals surface area contributed by atoms with Crippen molar-refractivity contribution in [3.05, 3.63) is 39.7 Å². The second-order valence-corrected chi connectivity index (χ2v) is 6.14. The number of aryl methyl sites for hydroxylation is 1. The van der Waals surface area contributed by atoms with Crippen LogP contribution in [0.3, 0.4) is 0 Å². The maximum atomic E-state index is 12.2. The highest BCUT2D eigenvalue weighted by Crippen LogP contribution is 2.27. The van der Waals surface area contributed by atoms with E-state index in [-0.39, 0.29) is 11.5 Å². The summed E-state index contributed by atoms with van der Waals surface area (Å²) in [7, 11) is 0. The molecule has 5 heteroatoms. The first-order valence-corrected chi connectivity index (χ1v) is 7.62. The summed E-state index contributed by atoms with van der Waals surface area (Å²) in [6, 6.07) is 5.61. The Bertz CT molecular complexity index is 765. The summed E-state index contributed by atoms with van der Waals surface area (Å²) < 4.78 is 0. The lowest BCUT2D eigenvalue weighted by Gasteiger charge is -2.17. The zero-order chi connectivity index (χ0) is 15.0. The zero-order valence-corrected chi connectivity index (χ0v) is 12.6. The van der Waals surface area contributed by atoms with Gasteiger partial charge in [-0.3, -0.25) is 9.59 Å². The number of alkyl halides is 1. The van der Waals surface area contributed by atoms with Crippen LogP contribution < -0.4 is 10.9 Å². The van der Waals surface area contributed by atoms with Gasteiger partial charge >= 0.3 is 0 Å². The third-order valence-electron chi connectivity index (χ3n) is 3.96. The molecule has 2 N–H and O–H groups in total. The average Bonchev–Trinajstić information content (AvgIpc) is 2.47. The number of aromatic amines is 1. The van der Waals surface area contributed by atoms with Crippen LogP contribution in [0, 0.1) is 0 Å². The smallest absolute Gasteiger partial charge is 0.251 e. The molecule has 21 heavy (non-hydrogen) atoms. The summed E-state index contributed by atoms with van der Waals surface area (Å²) in [6.07, 6.45) is 3.99. The number of pyridine rings is 1. The normalized spacial score (nSPS) is 15.5. The number of H-pyrrole nitrogens is 1. The van der Waals surface area contributed by atoms with Gasteiger partial charge in [-0.2, -0.15) is 0 Å². The van der Waals surface area contributed by atoms with E-state index in [9.17, 15) is 9.59 Å². The van der Waals surface area contributed by atoms with E-state index in [1.165, 1.54) is 0 Å². The molecule has 2 aromatic rings. The highest BCUT2D eigenvalue weighted by atomic mass is 35.5. The maximum absolute atomic E-state index is 12.2. The molecule has 1 aromatic heterocycles. The summed E-state index contributed by atoms with van der Waals surface area (Å²) in [5, 5.41) is 3.22. The van der Waals surface area contributed by atoms with Crippen molar-refractivity contribution in [2.24, 2.45) is 0 Å². The first-order chi connectivity index (χ1) is 10.1. The molecule has 110 valence electrons. The maximum Gasteiger partial charge on any atom is 0.251 e. The number of anilines is 1. The topological polar surface area (TPSA) is 62.0 Å². The fraction of sp³-hybridized carbons (Fsp3) is 0.375. The monoisotopic (exact) mass is 304 g/mol. The van der Waals surface area contributed by atoms with Crippen LogP contribution in [0.25, 0.3) is 10.9 Å². The summed E-state index contributed by atoms with van der Waals surface area (Å²) in [6.45, 7) is 1.62. The lowest BCUT2D eigenvalue weighted by atomic mass is 9.90. The van der Waals surface area contributed by atoms with Gasteiger partial charge in [0.05, 0.1) is 5.52 Å². The van der Waals surface area contributed by atoms with E-state index >= 15 is 0 Å². The molecule has 1 atom stereocenters. The number of amides is 1. The molecule has 1 aliphatic rings. The molecule has 0 saturated heterocycles. The lowest BCUT2D eigenvalue weighted by molar-refractivity contribution is -0.115. The summed E-state index contributed by atoms with van der Waals surface area (Å²) in [4.78, 5) is 26.7. The van der Waals surface area contributed by atoms with Crippen molar-refractivity contribution >= 4 is 34.1 Å². The predicted octanol–water partition coefficient (Wildman–Crippen LogP) is 2.97. The second kappa shape index (κ2) is 5.53. The Morgan fingerprint density at radius 3 is 2.71 bits per heavy atom. The Morgan fingerprint density at radius 1 is 1.29 bits per heavy atom. The molecule has 1 heterocycles. The number of benzene rings is 1. The molecule has 1 aromatic carbocycles. The van der Waals surface area contributed by atoms with Crippen molar-refractivity contribution in [2.45, 2.75) is 38.0 Å². The average molecular weight is 305 g/mol. The minimum absolute atomic E-state index is 0.00797. The van der Waals surface area contributed by atoms with E-state index < -0.39 is 5.38 Å². The van der Waals surface area contributed by atoms with Gasteiger partial charge in [0.15, 0.2) is 0 Å². The molecule has 0 aliphatic heterocycles. The molecule has 0 radical (unpaired) electrons. The van der Waals surface area contributed by atoms with Crippen molar-refractivity contribution in [2.75, 3.05) is 5.32 Å². The Balaban J connectivity index is 2.07. The van der Waals surface area contributed by atoms with Crippen LogP contribution >= 0.6 is 11.6 Å². The molecule has 3 rings (SSSR count). The fourth-order valence-corrected chi connectivity index (χ4v) is 2.94. The van der Waals surface area contributed by atoms with Gasteiger partial charge in [-0.25, -0.2) is 0 Å². The van der Waals surface area contributed by atoms with Crippen molar-refractivity contribution in [1.82, 2.24) is 4.98 Å². The van der Waals surface area contributed by atoms with Crippen molar-refractivity contribution < 1.29 is 4.79 Å². The fourth-order valence-electron chi connectivity index (χ4n) is 2.88. The molecule has 1 amide bonds. The standard InChI is InChI=1S/C16H17ClN2O2/c1-9(17)15(20)18-10-6-7-12-11-4-2-3-5-13(11)16(21)19-14(12)8-10/h6-9H,2-5H2,1H3,(H,18,20)(H,19,21). The minimum atomic E-state index is -0.594. The minimum Gasteiger partial charge on any atom is -0.325 e. The van der Waals surface area contributed by atoms with Gasteiger partial charge in [0.2, 0.25) is 5.91 Å². The largest absolute Gasteiger partial charge is 0.325 e. The number of hydrogen-bond acceptors (Lipinski definition) is 2. The van der Waals surface area contributed by atoms with Gasteiger partial charge in [0, 0.05) is 16.6 Å². The number of carbonyl (C=O) groups excluding carboxylic acids is 1. The van der Waals surface area contributed by atoms with Gasteiger partial charge < -0.3 is 10.3 Å². The van der Waals surface area contributed by atoms with Crippen LogP contribution in [-0.4, -0.2) is 16.3 Å². The van der Waals surface area contributed by atoms with Gasteiger partial charge in [0.25, 0.3) is 5.56 Å². The van der Waals surface area contributed by atoms with Gasteiger partial charge in [-0.05, 0) is 50.3 Å². The van der Waals surface area contributed by atoms with Crippen LogP contribution in [0.2, 0.25) is 0 Å². The number of halogens is 1. The summed E-state index contributed by atoms with van der Waals surface area (Å²) in [5.41, 5.74) is 3.47. The van der Waals surface area contributed by atoms with Crippen LogP contribution in [-0.2, 0) is 17.6 Å². The highest BCUT2D eigenvalue weighted by Gasteiger charge is 2.17. The molecule has 4 nitrogen and oxygen atoms in total. The number of fused-ring (bicyclic) bond motifs is 3. The van der Waals surface area contributed by atoms with Gasteiger partial charge in [0.1, 0.15) is 5.38 Å². The Morgan fingerprint density at radius 2 is 2.00 bits per heavy atom. The van der Waals surface area contributed by atoms with Crippen LogP contribution in [0.5, 0.6) is 0 Å². The van der Waals surface area contributed by atoms with Gasteiger partial charge in [-0.1, -0.05) is 6.07 Å². The van der Waals surface area contributed by atoms with E-state index in [0.717, 1.165) is 47.7 Å². The van der Waals surface area contributed by atoms with Crippen LogP contribution in [0.15, 0.2) is 23.0 Å². The molecule has 1 unspecified atom stereocenters. The zero-order valence-electron chi connectivity index (χ0n) is 11.8. The first-order valence-electron chi connectivity index (χ1n) is 7.19. The Kier molecular flexibility index (Phi) is 3.72. The Labute approximate surface area is 127 Å². The van der Waals surface area contributed by atoms with E-state index in [1.54, 1.807) is 13.0 Å². The number of aromatic nitrogens is 1. The summed E-state index contributed by atoms with van der Waals surface area (Å²) in [5.74, 6) is -0.253. The highest BCUT2D eigenvalue weighted by molar-refractivity contribution is 6.32. The lowest BCUT2D eigenvalue weighted by Crippen LogP contribution is -2.21. The third-order valence-corrected chi connectivity index (χ3v) is 4.16. The third kappa shape index (κ3) is 2.68. The number of nitrogens with one attached hydrogen (secondary N) is 2. The molecular weight excluding hydrogens is 288 g/mol. The summed E-state index contributed by atoms with van der Waals surface area (Å²) >= 11 is 5.75. The molecular formula is C16H17ClN2O2. The Hall–Kier alpha value is -1.81. The van der Waals surface area contributed by atoms with Crippen molar-refractivity contribution in [3.8, 4) is 0 Å². The van der Waals surface area contributed by atoms with Crippen LogP contribution in [0.4, 0.5) is 5.69 Å². The van der Waals surface area contributed by atoms with E-state index in [4.69, 9.17) is 11.6 Å². The molecule has 0 fully saturated rings. The van der Waals surface area contributed by atoms with E-state index in [2.05, 4.69) is 10.3 Å². The van der Waals surface area contributed by atoms with Crippen molar-refractivity contribution in [1.29, 1.82) is 0 Å². The van der Waals surface area contributed by atoms with Crippen molar-refractivity contribution in [3.63, 3.8) is 0 Å². The molecule has 0 bridgehead atoms. The van der Waals surface area contributed by atoms with E-state index in [0.29, 0.717) is 5.69 Å². The molecule has 0 saturated carbocycles. The quantitative estimate of drug-likeness (QED) is 0.838. The second-order valence-electron chi connectivity index (χ2n) is 5.48. The SMILES string of the molecule is CC(Cl)C(=O)Nc1ccc2c3c(c(=O)[nH]c2c1)CCCC3. The number of hydrogen-bond donors (Lipinski definition) is 2. The van der Waals surface area contributed by atoms with Gasteiger partial charge in [-0.15, -0.1) is 11.6 Å². The molecule has 0 spiro atoms. The molecule has 1 aliphatic carbocycles. The number of rotatable bonds is 2. The number of carbonyl (C=O) groups is 1. The van der Waals surface area contributed by atoms with Crippen LogP contribution in [0.1, 0.15) is 30.9 Å².